The molecule has 0 N–H and O–H groups in total. The van der Waals surface area contributed by atoms with E-state index in [0.29, 0.717) is 49.1 Å². The summed E-state index contributed by atoms with van der Waals surface area (Å²) in [7, 11) is 0. The lowest BCUT2D eigenvalue weighted by Crippen LogP contribution is -2.56. The largest absolute Gasteiger partial charge is 0.482 e. The summed E-state index contributed by atoms with van der Waals surface area (Å²) >= 11 is 0. The molecule has 1 atom stereocenters. The zero-order valence-electron chi connectivity index (χ0n) is 16.9. The van der Waals surface area contributed by atoms with Gasteiger partial charge in [0.05, 0.1) is 5.69 Å². The fourth-order valence-electron chi connectivity index (χ4n) is 3.77. The molecule has 1 aromatic heterocycles. The van der Waals surface area contributed by atoms with Crippen LogP contribution in [0, 0.1) is 0 Å². The molecule has 9 nitrogen and oxygen atoms in total. The molecule has 156 valence electrons. The number of ether oxygens (including phenoxy) is 1. The Hall–Kier alpha value is -3.49. The number of nitrogens with zero attached hydrogens (tertiary/aromatic N) is 5. The first kappa shape index (κ1) is 19.8. The SMILES string of the molecule is CC(=O)c1ccc2c(c1)N(C(C)C(=O)N1CCN(c3ncccn3)CC1)C(=O)CO2. The molecule has 2 amide bonds. The minimum atomic E-state index is -0.707. The van der Waals surface area contributed by atoms with Crippen LogP contribution in [0.25, 0.3) is 0 Å². The predicted molar refractivity (Wildman–Crippen MR) is 110 cm³/mol. The van der Waals surface area contributed by atoms with Gasteiger partial charge >= 0.3 is 0 Å². The summed E-state index contributed by atoms with van der Waals surface area (Å²) in [5, 5.41) is 0. The van der Waals surface area contributed by atoms with Crippen LogP contribution in [0.2, 0.25) is 0 Å². The number of carbonyl (C=O) groups is 3. The van der Waals surface area contributed by atoms with Crippen LogP contribution in [0.4, 0.5) is 11.6 Å². The molecular weight excluding hydrogens is 386 g/mol. The fraction of sp³-hybridized carbons (Fsp3) is 0.381. The second kappa shape index (κ2) is 8.10. The van der Waals surface area contributed by atoms with Crippen molar-refractivity contribution in [3.8, 4) is 5.75 Å². The molecule has 0 bridgehead atoms. The maximum atomic E-state index is 13.2. The smallest absolute Gasteiger partial charge is 0.265 e. The first-order valence-corrected chi connectivity index (χ1v) is 9.86. The number of carbonyl (C=O) groups excluding carboxylic acids is 3. The first-order chi connectivity index (χ1) is 14.5. The van der Waals surface area contributed by atoms with Crippen molar-refractivity contribution < 1.29 is 19.1 Å². The Morgan fingerprint density at radius 2 is 1.80 bits per heavy atom. The lowest BCUT2D eigenvalue weighted by molar-refractivity contribution is -0.135. The number of hydrogen-bond donors (Lipinski definition) is 0. The summed E-state index contributed by atoms with van der Waals surface area (Å²) in [4.78, 5) is 51.3. The second-order valence-corrected chi connectivity index (χ2v) is 7.33. The van der Waals surface area contributed by atoms with E-state index >= 15 is 0 Å². The van der Waals surface area contributed by atoms with Crippen molar-refractivity contribution in [2.24, 2.45) is 0 Å². The molecule has 0 saturated carbocycles. The maximum Gasteiger partial charge on any atom is 0.265 e. The number of aromatic nitrogens is 2. The Balaban J connectivity index is 1.50. The molecule has 1 aromatic carbocycles. The molecule has 3 heterocycles. The number of amides is 2. The topological polar surface area (TPSA) is 95.9 Å². The van der Waals surface area contributed by atoms with Crippen LogP contribution >= 0.6 is 0 Å². The lowest BCUT2D eigenvalue weighted by atomic mass is 10.1. The molecule has 0 aliphatic carbocycles. The van der Waals surface area contributed by atoms with Crippen molar-refractivity contribution in [3.05, 3.63) is 42.2 Å². The molecule has 9 heteroatoms. The summed E-state index contributed by atoms with van der Waals surface area (Å²) in [5.41, 5.74) is 0.921. The standard InChI is InChI=1S/C21H23N5O4/c1-14(20(29)24-8-10-25(11-9-24)21-22-6-3-7-23-21)26-17-12-16(15(2)27)4-5-18(17)30-13-19(26)28/h3-7,12,14H,8-11,13H2,1-2H3. The fourth-order valence-corrected chi connectivity index (χ4v) is 3.77. The number of piperazine rings is 1. The van der Waals surface area contributed by atoms with Crippen LogP contribution in [-0.4, -0.2) is 71.3 Å². The maximum absolute atomic E-state index is 13.2. The van der Waals surface area contributed by atoms with Crippen molar-refractivity contribution in [1.29, 1.82) is 0 Å². The molecule has 2 aromatic rings. The molecular formula is C21H23N5O4. The van der Waals surface area contributed by atoms with E-state index in [1.165, 1.54) is 11.8 Å². The van der Waals surface area contributed by atoms with Crippen molar-refractivity contribution in [2.75, 3.05) is 42.6 Å². The lowest BCUT2D eigenvalue weighted by Gasteiger charge is -2.39. The summed E-state index contributed by atoms with van der Waals surface area (Å²) in [5.74, 6) is 0.574. The number of rotatable bonds is 4. The van der Waals surface area contributed by atoms with Gasteiger partial charge in [0.25, 0.3) is 5.91 Å². The van der Waals surface area contributed by atoms with Crippen LogP contribution in [0.1, 0.15) is 24.2 Å². The van der Waals surface area contributed by atoms with Gasteiger partial charge in [-0.15, -0.1) is 0 Å². The van der Waals surface area contributed by atoms with Gasteiger partial charge < -0.3 is 14.5 Å². The third-order valence-electron chi connectivity index (χ3n) is 5.42. The van der Waals surface area contributed by atoms with E-state index in [0.717, 1.165) is 0 Å². The molecule has 1 saturated heterocycles. The van der Waals surface area contributed by atoms with Crippen LogP contribution < -0.4 is 14.5 Å². The van der Waals surface area contributed by atoms with Crippen LogP contribution in [0.15, 0.2) is 36.7 Å². The number of fused-ring (bicyclic) bond motifs is 1. The highest BCUT2D eigenvalue weighted by molar-refractivity contribution is 6.05. The molecule has 1 fully saturated rings. The highest BCUT2D eigenvalue weighted by Gasteiger charge is 2.36. The van der Waals surface area contributed by atoms with Crippen molar-refractivity contribution in [2.45, 2.75) is 19.9 Å². The Morgan fingerprint density at radius 1 is 1.10 bits per heavy atom. The summed E-state index contributed by atoms with van der Waals surface area (Å²) < 4.78 is 5.49. The third-order valence-corrected chi connectivity index (χ3v) is 5.42. The minimum Gasteiger partial charge on any atom is -0.482 e. The highest BCUT2D eigenvalue weighted by atomic mass is 16.5. The van der Waals surface area contributed by atoms with Gasteiger partial charge in [-0.1, -0.05) is 0 Å². The van der Waals surface area contributed by atoms with Gasteiger partial charge in [-0.2, -0.15) is 0 Å². The number of hydrogen-bond acceptors (Lipinski definition) is 7. The predicted octanol–water partition coefficient (Wildman–Crippen LogP) is 1.14. The van der Waals surface area contributed by atoms with Gasteiger partial charge in [0.2, 0.25) is 11.9 Å². The average molecular weight is 409 g/mol. The second-order valence-electron chi connectivity index (χ2n) is 7.33. The van der Waals surface area contributed by atoms with Gasteiger partial charge in [0.1, 0.15) is 11.8 Å². The van der Waals surface area contributed by atoms with Gasteiger partial charge in [-0.25, -0.2) is 9.97 Å². The van der Waals surface area contributed by atoms with Gasteiger partial charge in [-0.05, 0) is 38.1 Å². The van der Waals surface area contributed by atoms with Crippen molar-refractivity contribution in [1.82, 2.24) is 14.9 Å². The summed E-state index contributed by atoms with van der Waals surface area (Å²) in [6.07, 6.45) is 3.39. The Bertz CT molecular complexity index is 973. The van der Waals surface area contributed by atoms with Crippen LogP contribution in [-0.2, 0) is 9.59 Å². The van der Waals surface area contributed by atoms with Crippen LogP contribution in [0.3, 0.4) is 0 Å². The van der Waals surface area contributed by atoms with E-state index < -0.39 is 6.04 Å². The van der Waals surface area contributed by atoms with E-state index in [9.17, 15) is 14.4 Å². The van der Waals surface area contributed by atoms with Crippen molar-refractivity contribution >= 4 is 29.2 Å². The molecule has 1 unspecified atom stereocenters. The Labute approximate surface area is 174 Å². The van der Waals surface area contributed by atoms with Gasteiger partial charge in [0, 0.05) is 44.1 Å². The van der Waals surface area contributed by atoms with E-state index in [2.05, 4.69) is 9.97 Å². The third kappa shape index (κ3) is 3.70. The molecule has 30 heavy (non-hydrogen) atoms. The molecule has 4 rings (SSSR count). The van der Waals surface area contributed by atoms with Gasteiger partial charge in [0.15, 0.2) is 12.4 Å². The molecule has 0 radical (unpaired) electrons. The Kier molecular flexibility index (Phi) is 5.35. The van der Waals surface area contributed by atoms with E-state index in [1.807, 2.05) is 4.90 Å². The average Bonchev–Trinajstić information content (AvgIpc) is 2.78. The molecule has 2 aliphatic rings. The Morgan fingerprint density at radius 3 is 2.47 bits per heavy atom. The normalized spacial score (nSPS) is 17.3. The summed E-state index contributed by atoms with van der Waals surface area (Å²) in [6.45, 7) is 5.30. The minimum absolute atomic E-state index is 0.117. The number of ketones is 1. The van der Waals surface area contributed by atoms with E-state index in [-0.39, 0.29) is 24.2 Å². The molecule has 2 aliphatic heterocycles. The van der Waals surface area contributed by atoms with Crippen molar-refractivity contribution in [3.63, 3.8) is 0 Å². The van der Waals surface area contributed by atoms with E-state index in [1.54, 1.807) is 48.5 Å². The zero-order valence-corrected chi connectivity index (χ0v) is 16.9. The quantitative estimate of drug-likeness (QED) is 0.699. The first-order valence-electron chi connectivity index (χ1n) is 9.86. The highest BCUT2D eigenvalue weighted by Crippen LogP contribution is 2.35. The van der Waals surface area contributed by atoms with Gasteiger partial charge in [-0.3, -0.25) is 19.3 Å². The van der Waals surface area contributed by atoms with Crippen LogP contribution in [0.5, 0.6) is 5.75 Å². The summed E-state index contributed by atoms with van der Waals surface area (Å²) in [6, 6.07) is 6.00. The number of benzene rings is 1. The number of anilines is 2. The van der Waals surface area contributed by atoms with E-state index in [4.69, 9.17) is 4.74 Å². The zero-order chi connectivity index (χ0) is 21.3. The molecule has 0 spiro atoms. The number of Topliss-reactive ketones (excluding diaryl/α,β-unsaturated/α-hetero) is 1. The monoisotopic (exact) mass is 409 g/mol.